The number of aromatic nitrogens is 1. The van der Waals surface area contributed by atoms with Gasteiger partial charge in [-0.15, -0.1) is 11.3 Å². The second kappa shape index (κ2) is 6.05. The molecule has 21 heavy (non-hydrogen) atoms. The van der Waals surface area contributed by atoms with Gasteiger partial charge in [-0.25, -0.2) is 4.98 Å². The van der Waals surface area contributed by atoms with Crippen LogP contribution in [-0.2, 0) is 0 Å². The summed E-state index contributed by atoms with van der Waals surface area (Å²) in [6.07, 6.45) is 0. The Bertz CT molecular complexity index is 692. The van der Waals surface area contributed by atoms with Crippen LogP contribution in [0.3, 0.4) is 0 Å². The highest BCUT2D eigenvalue weighted by molar-refractivity contribution is 7.09. The molecule has 0 radical (unpaired) electrons. The highest BCUT2D eigenvalue weighted by Gasteiger charge is 2.16. The van der Waals surface area contributed by atoms with E-state index in [1.807, 2.05) is 13.8 Å². The van der Waals surface area contributed by atoms with Gasteiger partial charge in [0.25, 0.3) is 11.8 Å². The molecule has 1 aromatic heterocycles. The number of nitrogens with zero attached hydrogens (tertiary/aromatic N) is 2. The van der Waals surface area contributed by atoms with Crippen molar-refractivity contribution in [2.75, 3.05) is 19.4 Å². The molecular weight excluding hydrogens is 286 g/mol. The maximum absolute atomic E-state index is 12.1. The highest BCUT2D eigenvalue weighted by atomic mass is 32.1. The Balaban J connectivity index is 2.27. The number of rotatable bonds is 3. The predicted octanol–water partition coefficient (Wildman–Crippen LogP) is 2.71. The third-order valence-corrected chi connectivity index (χ3v) is 3.84. The van der Waals surface area contributed by atoms with Crippen molar-refractivity contribution in [3.63, 3.8) is 0 Å². The van der Waals surface area contributed by atoms with E-state index in [2.05, 4.69) is 10.3 Å². The summed E-state index contributed by atoms with van der Waals surface area (Å²) >= 11 is 1.43. The lowest BCUT2D eigenvalue weighted by atomic mass is 10.1. The number of carbonyl (C=O) groups is 2. The normalized spacial score (nSPS) is 10.3. The third-order valence-electron chi connectivity index (χ3n) is 3.07. The molecule has 6 heteroatoms. The molecule has 2 amide bonds. The zero-order chi connectivity index (χ0) is 15.6. The van der Waals surface area contributed by atoms with Crippen LogP contribution in [0.25, 0.3) is 0 Å². The largest absolute Gasteiger partial charge is 0.345 e. The van der Waals surface area contributed by atoms with E-state index in [4.69, 9.17) is 0 Å². The van der Waals surface area contributed by atoms with Gasteiger partial charge in [0.1, 0.15) is 5.69 Å². The minimum atomic E-state index is -0.267. The molecule has 1 N–H and O–H groups in total. The molecule has 110 valence electrons. The summed E-state index contributed by atoms with van der Waals surface area (Å²) in [5.41, 5.74) is 2.34. The van der Waals surface area contributed by atoms with Crippen LogP contribution in [0.5, 0.6) is 0 Å². The lowest BCUT2D eigenvalue weighted by Crippen LogP contribution is -2.23. The molecule has 0 aliphatic heterocycles. The number of thiazole rings is 1. The molecule has 0 saturated heterocycles. The van der Waals surface area contributed by atoms with Crippen molar-refractivity contribution in [1.29, 1.82) is 0 Å². The number of nitrogens with one attached hydrogen (secondary N) is 1. The van der Waals surface area contributed by atoms with E-state index < -0.39 is 0 Å². The smallest absolute Gasteiger partial charge is 0.275 e. The number of carbonyl (C=O) groups excluding carboxylic acids is 2. The van der Waals surface area contributed by atoms with Gasteiger partial charge in [-0.05, 0) is 31.5 Å². The van der Waals surface area contributed by atoms with E-state index in [9.17, 15) is 9.59 Å². The van der Waals surface area contributed by atoms with Gasteiger partial charge in [0.15, 0.2) is 0 Å². The second-order valence-electron chi connectivity index (χ2n) is 4.88. The summed E-state index contributed by atoms with van der Waals surface area (Å²) in [5.74, 6) is -0.356. The first-order valence-corrected chi connectivity index (χ1v) is 7.33. The zero-order valence-corrected chi connectivity index (χ0v) is 13.2. The summed E-state index contributed by atoms with van der Waals surface area (Å²) < 4.78 is 0. The molecule has 0 aliphatic rings. The molecule has 1 aromatic carbocycles. The Hall–Kier alpha value is -2.21. The summed E-state index contributed by atoms with van der Waals surface area (Å²) in [4.78, 5) is 29.9. The molecule has 0 aliphatic carbocycles. The first kappa shape index (κ1) is 15.2. The van der Waals surface area contributed by atoms with E-state index in [0.717, 1.165) is 10.6 Å². The van der Waals surface area contributed by atoms with Crippen LogP contribution in [0.1, 0.15) is 31.4 Å². The highest BCUT2D eigenvalue weighted by Crippen LogP contribution is 2.21. The van der Waals surface area contributed by atoms with Gasteiger partial charge in [0.2, 0.25) is 0 Å². The molecular formula is C15H17N3O2S. The molecule has 0 unspecified atom stereocenters. The van der Waals surface area contributed by atoms with Crippen molar-refractivity contribution >= 4 is 28.8 Å². The van der Waals surface area contributed by atoms with Gasteiger partial charge in [-0.2, -0.15) is 0 Å². The minimum absolute atomic E-state index is 0.0897. The average molecular weight is 303 g/mol. The van der Waals surface area contributed by atoms with Crippen molar-refractivity contribution in [3.05, 3.63) is 45.4 Å². The zero-order valence-electron chi connectivity index (χ0n) is 12.4. The molecule has 5 nitrogen and oxygen atoms in total. The summed E-state index contributed by atoms with van der Waals surface area (Å²) in [6.45, 7) is 3.67. The first-order valence-electron chi connectivity index (χ1n) is 6.45. The molecule has 1 heterocycles. The molecule has 0 spiro atoms. The van der Waals surface area contributed by atoms with Crippen LogP contribution in [0.4, 0.5) is 5.69 Å². The number of hydrogen-bond donors (Lipinski definition) is 1. The number of aryl methyl sites for hydroxylation is 1. The summed E-state index contributed by atoms with van der Waals surface area (Å²) in [5, 5.41) is 5.37. The van der Waals surface area contributed by atoms with Crippen LogP contribution >= 0.6 is 11.3 Å². The van der Waals surface area contributed by atoms with Gasteiger partial charge in [-0.3, -0.25) is 9.59 Å². The standard InChI is InChI=1S/C15H17N3O2S/c1-9-11(15(20)18(3)4)6-5-7-12(9)17-14(19)13-8-21-10(2)16-13/h5-8H,1-4H3,(H,17,19). The van der Waals surface area contributed by atoms with Crippen LogP contribution in [-0.4, -0.2) is 35.8 Å². The van der Waals surface area contributed by atoms with E-state index in [-0.39, 0.29) is 11.8 Å². The Morgan fingerprint density at radius 1 is 1.24 bits per heavy atom. The number of amides is 2. The lowest BCUT2D eigenvalue weighted by Gasteiger charge is -2.15. The molecule has 0 bridgehead atoms. The maximum Gasteiger partial charge on any atom is 0.275 e. The Morgan fingerprint density at radius 2 is 1.95 bits per heavy atom. The Morgan fingerprint density at radius 3 is 2.52 bits per heavy atom. The van der Waals surface area contributed by atoms with Crippen molar-refractivity contribution in [2.24, 2.45) is 0 Å². The van der Waals surface area contributed by atoms with Crippen molar-refractivity contribution in [3.8, 4) is 0 Å². The second-order valence-corrected chi connectivity index (χ2v) is 5.95. The van der Waals surface area contributed by atoms with Crippen molar-refractivity contribution in [2.45, 2.75) is 13.8 Å². The van der Waals surface area contributed by atoms with Crippen molar-refractivity contribution < 1.29 is 9.59 Å². The number of anilines is 1. The Kier molecular flexibility index (Phi) is 4.37. The number of benzene rings is 1. The fraction of sp³-hybridized carbons (Fsp3) is 0.267. The predicted molar refractivity (Wildman–Crippen MR) is 84.0 cm³/mol. The van der Waals surface area contributed by atoms with E-state index in [0.29, 0.717) is 16.9 Å². The lowest BCUT2D eigenvalue weighted by molar-refractivity contribution is 0.0826. The van der Waals surface area contributed by atoms with E-state index >= 15 is 0 Å². The van der Waals surface area contributed by atoms with Crippen LogP contribution in [0, 0.1) is 13.8 Å². The van der Waals surface area contributed by atoms with E-state index in [1.54, 1.807) is 37.7 Å². The summed E-state index contributed by atoms with van der Waals surface area (Å²) in [6, 6.07) is 5.28. The van der Waals surface area contributed by atoms with Crippen LogP contribution < -0.4 is 5.32 Å². The van der Waals surface area contributed by atoms with E-state index in [1.165, 1.54) is 16.2 Å². The fourth-order valence-corrected chi connectivity index (χ4v) is 2.49. The monoisotopic (exact) mass is 303 g/mol. The third kappa shape index (κ3) is 3.28. The molecule has 0 fully saturated rings. The SMILES string of the molecule is Cc1nc(C(=O)Nc2cccc(C(=O)N(C)C)c2C)cs1. The van der Waals surface area contributed by atoms with Gasteiger partial charge in [0, 0.05) is 30.7 Å². The van der Waals surface area contributed by atoms with Gasteiger partial charge in [0.05, 0.1) is 5.01 Å². The average Bonchev–Trinajstić information content (AvgIpc) is 2.87. The van der Waals surface area contributed by atoms with Gasteiger partial charge >= 0.3 is 0 Å². The topological polar surface area (TPSA) is 62.3 Å². The number of hydrogen-bond acceptors (Lipinski definition) is 4. The Labute approximate surface area is 127 Å². The van der Waals surface area contributed by atoms with Crippen LogP contribution in [0.2, 0.25) is 0 Å². The van der Waals surface area contributed by atoms with Gasteiger partial charge in [-0.1, -0.05) is 6.07 Å². The van der Waals surface area contributed by atoms with Crippen LogP contribution in [0.15, 0.2) is 23.6 Å². The molecule has 0 atom stereocenters. The molecule has 2 rings (SSSR count). The fourth-order valence-electron chi connectivity index (χ4n) is 1.90. The minimum Gasteiger partial charge on any atom is -0.345 e. The molecule has 2 aromatic rings. The first-order chi connectivity index (χ1) is 9.90. The van der Waals surface area contributed by atoms with Gasteiger partial charge < -0.3 is 10.2 Å². The quantitative estimate of drug-likeness (QED) is 0.948. The maximum atomic E-state index is 12.1. The van der Waals surface area contributed by atoms with Crippen molar-refractivity contribution in [1.82, 2.24) is 9.88 Å². The summed E-state index contributed by atoms with van der Waals surface area (Å²) in [7, 11) is 3.40. The molecule has 0 saturated carbocycles.